The normalized spacial score (nSPS) is 13.4. The first kappa shape index (κ1) is 31.8. The molecule has 42 heavy (non-hydrogen) atoms. The number of methoxy groups -OCH3 is 1. The molecule has 1 atom stereocenters. The van der Waals surface area contributed by atoms with E-state index < -0.39 is 34.5 Å². The number of carbonyl (C=O) groups excluding carboxylic acids is 1. The maximum absolute atomic E-state index is 13.7. The molecule has 0 fully saturated rings. The number of aliphatic carboxylic acids is 1. The van der Waals surface area contributed by atoms with Gasteiger partial charge in [-0.15, -0.1) is 0 Å². The van der Waals surface area contributed by atoms with Gasteiger partial charge in [-0.25, -0.2) is 8.42 Å². The summed E-state index contributed by atoms with van der Waals surface area (Å²) in [5, 5.41) is 12.2. The molecule has 1 amide bonds. The molecule has 0 radical (unpaired) electrons. The number of nitrogens with one attached hydrogen (secondary N) is 1. The molecule has 4 rings (SSSR count). The minimum Gasteiger partial charge on any atom is -0.497 e. The Hall–Kier alpha value is -3.12. The molecule has 9 nitrogen and oxygen atoms in total. The molecule has 0 aliphatic heterocycles. The van der Waals surface area contributed by atoms with E-state index in [1.54, 1.807) is 30.3 Å². The quantitative estimate of drug-likeness (QED) is 0.249. The Bertz CT molecular complexity index is 1550. The molecular weight excluding hydrogens is 648 g/mol. The second-order valence-corrected chi connectivity index (χ2v) is 13.2. The molecular formula is C30H32BrClN2O7S. The van der Waals surface area contributed by atoms with Gasteiger partial charge in [0.25, 0.3) is 0 Å². The van der Waals surface area contributed by atoms with E-state index in [0.29, 0.717) is 16.0 Å². The Morgan fingerprint density at radius 2 is 1.86 bits per heavy atom. The fourth-order valence-corrected chi connectivity index (χ4v) is 7.31. The first-order valence-electron chi connectivity index (χ1n) is 13.4. The van der Waals surface area contributed by atoms with Gasteiger partial charge in [-0.2, -0.15) is 4.31 Å². The summed E-state index contributed by atoms with van der Waals surface area (Å²) < 4.78 is 40.1. The molecule has 224 valence electrons. The van der Waals surface area contributed by atoms with Gasteiger partial charge in [0, 0.05) is 17.1 Å². The zero-order valence-corrected chi connectivity index (χ0v) is 26.2. The van der Waals surface area contributed by atoms with Crippen molar-refractivity contribution in [3.8, 4) is 11.5 Å². The van der Waals surface area contributed by atoms with Crippen molar-refractivity contribution in [2.75, 3.05) is 26.8 Å². The highest BCUT2D eigenvalue weighted by Gasteiger charge is 2.30. The molecule has 0 heterocycles. The number of nitrogens with zero attached hydrogens (tertiary/aromatic N) is 1. The van der Waals surface area contributed by atoms with Gasteiger partial charge in [0.2, 0.25) is 15.9 Å². The highest BCUT2D eigenvalue weighted by atomic mass is 79.9. The Balaban J connectivity index is 1.51. The van der Waals surface area contributed by atoms with E-state index in [-0.39, 0.29) is 35.9 Å². The summed E-state index contributed by atoms with van der Waals surface area (Å²) in [6.45, 7) is -0.711. The van der Waals surface area contributed by atoms with Crippen LogP contribution in [0.15, 0.2) is 70.0 Å². The number of fused-ring (bicyclic) bond motifs is 1. The maximum atomic E-state index is 13.7. The van der Waals surface area contributed by atoms with Crippen LogP contribution in [0, 0.1) is 0 Å². The Morgan fingerprint density at radius 3 is 2.60 bits per heavy atom. The van der Waals surface area contributed by atoms with E-state index >= 15 is 0 Å². The lowest BCUT2D eigenvalue weighted by molar-refractivity contribution is -0.137. The number of carbonyl (C=O) groups is 2. The fraction of sp³-hybridized carbons (Fsp3) is 0.333. The minimum absolute atomic E-state index is 0.00361. The van der Waals surface area contributed by atoms with Gasteiger partial charge in [-0.3, -0.25) is 9.59 Å². The number of ether oxygens (including phenoxy) is 2. The van der Waals surface area contributed by atoms with Gasteiger partial charge in [0.05, 0.1) is 25.1 Å². The van der Waals surface area contributed by atoms with Crippen molar-refractivity contribution in [3.63, 3.8) is 0 Å². The highest BCUT2D eigenvalue weighted by molar-refractivity contribution is 9.10. The summed E-state index contributed by atoms with van der Waals surface area (Å²) >= 11 is 9.57. The molecule has 1 aliphatic rings. The molecule has 2 N–H and O–H groups in total. The third-order valence-corrected chi connectivity index (χ3v) is 9.73. The van der Waals surface area contributed by atoms with Crippen LogP contribution in [0.1, 0.15) is 29.5 Å². The van der Waals surface area contributed by atoms with Gasteiger partial charge < -0.3 is 19.9 Å². The van der Waals surface area contributed by atoms with Gasteiger partial charge in [0.15, 0.2) is 0 Å². The summed E-state index contributed by atoms with van der Waals surface area (Å²) in [5.74, 6) is -0.533. The molecule has 12 heteroatoms. The monoisotopic (exact) mass is 678 g/mol. The predicted molar refractivity (Wildman–Crippen MR) is 163 cm³/mol. The van der Waals surface area contributed by atoms with Crippen molar-refractivity contribution in [2.24, 2.45) is 0 Å². The standard InChI is InChI=1S/C30H32BrClN2O7S/c1-40-25-7-2-4-20(15-25)14-24(18-30(36)37)33-29(35)19-34(42(38,39)28-11-9-23(31)17-27(28)32)12-13-41-26-10-8-21-5-3-6-22(21)16-26/h2,4,7-11,15-17,24H,3,5-6,12-14,18-19H2,1H3,(H,33,35)(H,36,37). The highest BCUT2D eigenvalue weighted by Crippen LogP contribution is 2.29. The van der Waals surface area contributed by atoms with Crippen LogP contribution < -0.4 is 14.8 Å². The van der Waals surface area contributed by atoms with Crippen LogP contribution in [0.3, 0.4) is 0 Å². The molecule has 0 bridgehead atoms. The van der Waals surface area contributed by atoms with Crippen molar-refractivity contribution in [1.82, 2.24) is 9.62 Å². The lowest BCUT2D eigenvalue weighted by Crippen LogP contribution is -2.46. The predicted octanol–water partition coefficient (Wildman–Crippen LogP) is 4.87. The minimum atomic E-state index is -4.23. The molecule has 3 aromatic carbocycles. The number of amides is 1. The third-order valence-electron chi connectivity index (χ3n) is 6.91. The van der Waals surface area contributed by atoms with Gasteiger partial charge >= 0.3 is 5.97 Å². The van der Waals surface area contributed by atoms with Crippen molar-refractivity contribution < 1.29 is 32.6 Å². The Morgan fingerprint density at radius 1 is 1.07 bits per heavy atom. The summed E-state index contributed by atoms with van der Waals surface area (Å²) in [6.07, 6.45) is 2.96. The first-order valence-corrected chi connectivity index (χ1v) is 16.0. The van der Waals surface area contributed by atoms with Gasteiger partial charge in [0.1, 0.15) is 23.0 Å². The van der Waals surface area contributed by atoms with Crippen LogP contribution in [-0.2, 0) is 38.9 Å². The molecule has 3 aromatic rings. The van der Waals surface area contributed by atoms with Crippen LogP contribution in [0.2, 0.25) is 5.02 Å². The molecule has 1 unspecified atom stereocenters. The number of carboxylic acid groups (broad SMARTS) is 1. The van der Waals surface area contributed by atoms with Crippen LogP contribution in [-0.4, -0.2) is 62.6 Å². The van der Waals surface area contributed by atoms with Crippen LogP contribution in [0.5, 0.6) is 11.5 Å². The third kappa shape index (κ3) is 8.47. The van der Waals surface area contributed by atoms with E-state index in [9.17, 15) is 23.1 Å². The number of aryl methyl sites for hydroxylation is 2. The van der Waals surface area contributed by atoms with Crippen LogP contribution in [0.4, 0.5) is 0 Å². The number of hydrogen-bond donors (Lipinski definition) is 2. The van der Waals surface area contributed by atoms with E-state index in [0.717, 1.165) is 29.1 Å². The number of carboxylic acids is 1. The van der Waals surface area contributed by atoms with Crippen molar-refractivity contribution in [1.29, 1.82) is 0 Å². The Labute approximate surface area is 259 Å². The van der Waals surface area contributed by atoms with Crippen molar-refractivity contribution >= 4 is 49.4 Å². The molecule has 0 saturated carbocycles. The zero-order chi connectivity index (χ0) is 30.3. The summed E-state index contributed by atoms with van der Waals surface area (Å²) in [4.78, 5) is 24.6. The lowest BCUT2D eigenvalue weighted by atomic mass is 10.0. The van der Waals surface area contributed by atoms with Crippen LogP contribution in [0.25, 0.3) is 0 Å². The SMILES string of the molecule is COc1cccc(CC(CC(=O)O)NC(=O)CN(CCOc2ccc3c(c2)CCC3)S(=O)(=O)c2ccc(Br)cc2Cl)c1. The number of sulfonamides is 1. The topological polar surface area (TPSA) is 122 Å². The molecule has 0 saturated heterocycles. The van der Waals surface area contributed by atoms with E-state index in [2.05, 4.69) is 21.2 Å². The fourth-order valence-electron chi connectivity index (χ4n) is 4.91. The number of halogens is 2. The number of benzene rings is 3. The largest absolute Gasteiger partial charge is 0.497 e. The Kier molecular flexibility index (Phi) is 10.9. The van der Waals surface area contributed by atoms with E-state index in [1.807, 2.05) is 18.2 Å². The summed E-state index contributed by atoms with van der Waals surface area (Å²) in [7, 11) is -2.70. The molecule has 0 spiro atoms. The van der Waals surface area contributed by atoms with Crippen molar-refractivity contribution in [2.45, 2.75) is 43.0 Å². The number of rotatable bonds is 14. The van der Waals surface area contributed by atoms with Crippen LogP contribution >= 0.6 is 27.5 Å². The number of hydrogen-bond acceptors (Lipinski definition) is 6. The second-order valence-electron chi connectivity index (χ2n) is 9.96. The first-order chi connectivity index (χ1) is 20.0. The van der Waals surface area contributed by atoms with Crippen molar-refractivity contribution in [3.05, 3.63) is 86.8 Å². The summed E-state index contributed by atoms with van der Waals surface area (Å²) in [5.41, 5.74) is 3.27. The zero-order valence-electron chi connectivity index (χ0n) is 23.0. The average molecular weight is 680 g/mol. The average Bonchev–Trinajstić information content (AvgIpc) is 3.40. The maximum Gasteiger partial charge on any atom is 0.305 e. The van der Waals surface area contributed by atoms with E-state index in [1.165, 1.54) is 30.4 Å². The van der Waals surface area contributed by atoms with Gasteiger partial charge in [-0.05, 0) is 84.8 Å². The smallest absolute Gasteiger partial charge is 0.305 e. The van der Waals surface area contributed by atoms with E-state index in [4.69, 9.17) is 21.1 Å². The molecule has 0 aromatic heterocycles. The lowest BCUT2D eigenvalue weighted by Gasteiger charge is -2.24. The summed E-state index contributed by atoms with van der Waals surface area (Å²) in [6, 6.07) is 16.5. The second kappa shape index (κ2) is 14.4. The van der Waals surface area contributed by atoms with Gasteiger partial charge in [-0.1, -0.05) is 45.7 Å². The molecule has 1 aliphatic carbocycles.